The molecular formula is C11H15N3O2. The summed E-state index contributed by atoms with van der Waals surface area (Å²) < 4.78 is 4.86. The van der Waals surface area contributed by atoms with Crippen molar-refractivity contribution >= 4 is 5.97 Å². The average molecular weight is 221 g/mol. The van der Waals surface area contributed by atoms with Crippen molar-refractivity contribution in [2.75, 3.05) is 13.2 Å². The lowest BCUT2D eigenvalue weighted by Gasteiger charge is -2.08. The topological polar surface area (TPSA) is 64.1 Å². The molecule has 5 nitrogen and oxygen atoms in total. The second kappa shape index (κ2) is 5.03. The van der Waals surface area contributed by atoms with Crippen molar-refractivity contribution in [3.8, 4) is 0 Å². The molecule has 0 radical (unpaired) electrons. The van der Waals surface area contributed by atoms with E-state index in [1.165, 1.54) is 12.4 Å². The first kappa shape index (κ1) is 11.0. The highest BCUT2D eigenvalue weighted by Gasteiger charge is 2.19. The van der Waals surface area contributed by atoms with E-state index in [1.54, 1.807) is 6.92 Å². The first-order valence-corrected chi connectivity index (χ1v) is 5.53. The Morgan fingerprint density at radius 1 is 1.56 bits per heavy atom. The Morgan fingerprint density at radius 3 is 2.88 bits per heavy atom. The van der Waals surface area contributed by atoms with E-state index in [0.717, 1.165) is 25.2 Å². The summed E-state index contributed by atoms with van der Waals surface area (Å²) in [4.78, 5) is 19.7. The second-order valence-corrected chi connectivity index (χ2v) is 3.70. The number of nitrogens with one attached hydrogen (secondary N) is 1. The maximum Gasteiger partial charge on any atom is 0.341 e. The van der Waals surface area contributed by atoms with E-state index in [-0.39, 0.29) is 12.0 Å². The van der Waals surface area contributed by atoms with Gasteiger partial charge in [0.2, 0.25) is 0 Å². The van der Waals surface area contributed by atoms with Gasteiger partial charge in [-0.05, 0) is 26.3 Å². The van der Waals surface area contributed by atoms with Gasteiger partial charge in [-0.25, -0.2) is 14.8 Å². The van der Waals surface area contributed by atoms with Crippen molar-refractivity contribution in [3.63, 3.8) is 0 Å². The molecule has 1 aromatic rings. The van der Waals surface area contributed by atoms with Crippen LogP contribution in [0.3, 0.4) is 0 Å². The summed E-state index contributed by atoms with van der Waals surface area (Å²) >= 11 is 0. The Kier molecular flexibility index (Phi) is 3.46. The summed E-state index contributed by atoms with van der Waals surface area (Å²) in [6.07, 6.45) is 5.26. The van der Waals surface area contributed by atoms with Crippen LogP contribution in [0.1, 0.15) is 42.0 Å². The predicted molar refractivity (Wildman–Crippen MR) is 58.0 cm³/mol. The van der Waals surface area contributed by atoms with Gasteiger partial charge in [0, 0.05) is 12.4 Å². The SMILES string of the molecule is CCOC(=O)c1cnc(C2CCCN2)nc1. The molecule has 1 aromatic heterocycles. The van der Waals surface area contributed by atoms with Gasteiger partial charge in [-0.1, -0.05) is 0 Å². The lowest BCUT2D eigenvalue weighted by Crippen LogP contribution is -2.16. The summed E-state index contributed by atoms with van der Waals surface area (Å²) in [5.41, 5.74) is 0.406. The smallest absolute Gasteiger partial charge is 0.341 e. The molecule has 2 rings (SSSR count). The van der Waals surface area contributed by atoms with Crippen molar-refractivity contribution in [3.05, 3.63) is 23.8 Å². The molecule has 16 heavy (non-hydrogen) atoms. The third-order valence-corrected chi connectivity index (χ3v) is 2.55. The number of aromatic nitrogens is 2. The van der Waals surface area contributed by atoms with E-state index in [0.29, 0.717) is 12.2 Å². The highest BCUT2D eigenvalue weighted by Crippen LogP contribution is 2.19. The van der Waals surface area contributed by atoms with E-state index >= 15 is 0 Å². The highest BCUT2D eigenvalue weighted by molar-refractivity contribution is 5.88. The Hall–Kier alpha value is -1.49. The van der Waals surface area contributed by atoms with Gasteiger partial charge in [-0.2, -0.15) is 0 Å². The molecule has 1 fully saturated rings. The fourth-order valence-electron chi connectivity index (χ4n) is 1.74. The second-order valence-electron chi connectivity index (χ2n) is 3.70. The van der Waals surface area contributed by atoms with Gasteiger partial charge in [-0.15, -0.1) is 0 Å². The van der Waals surface area contributed by atoms with Crippen LogP contribution < -0.4 is 5.32 Å². The van der Waals surface area contributed by atoms with Gasteiger partial charge in [0.25, 0.3) is 0 Å². The van der Waals surface area contributed by atoms with Crippen molar-refractivity contribution in [1.82, 2.24) is 15.3 Å². The maximum absolute atomic E-state index is 11.4. The van der Waals surface area contributed by atoms with E-state index in [9.17, 15) is 4.79 Å². The zero-order valence-electron chi connectivity index (χ0n) is 9.27. The number of ether oxygens (including phenoxy) is 1. The molecule has 1 aliphatic rings. The van der Waals surface area contributed by atoms with Crippen molar-refractivity contribution in [1.29, 1.82) is 0 Å². The van der Waals surface area contributed by atoms with Gasteiger partial charge < -0.3 is 10.1 Å². The van der Waals surface area contributed by atoms with Crippen LogP contribution in [0, 0.1) is 0 Å². The molecule has 1 saturated heterocycles. The lowest BCUT2D eigenvalue weighted by atomic mass is 10.2. The minimum Gasteiger partial charge on any atom is -0.462 e. The number of hydrogen-bond donors (Lipinski definition) is 1. The number of nitrogens with zero attached hydrogens (tertiary/aromatic N) is 2. The third kappa shape index (κ3) is 2.36. The molecule has 1 unspecified atom stereocenters. The van der Waals surface area contributed by atoms with Crippen LogP contribution in [0.5, 0.6) is 0 Å². The standard InChI is InChI=1S/C11H15N3O2/c1-2-16-11(15)8-6-13-10(14-7-8)9-4-3-5-12-9/h6-7,9,12H,2-5H2,1H3. The molecule has 1 atom stereocenters. The minimum atomic E-state index is -0.367. The average Bonchev–Trinajstić information content (AvgIpc) is 2.83. The molecular weight excluding hydrogens is 206 g/mol. The monoisotopic (exact) mass is 221 g/mol. The van der Waals surface area contributed by atoms with Crippen molar-refractivity contribution in [2.45, 2.75) is 25.8 Å². The first-order chi connectivity index (χ1) is 7.81. The largest absolute Gasteiger partial charge is 0.462 e. The van der Waals surface area contributed by atoms with Gasteiger partial charge in [0.15, 0.2) is 0 Å². The summed E-state index contributed by atoms with van der Waals surface area (Å²) in [6.45, 7) is 3.15. The van der Waals surface area contributed by atoms with Crippen LogP contribution in [0.15, 0.2) is 12.4 Å². The predicted octanol–water partition coefficient (Wildman–Crippen LogP) is 1.08. The molecule has 86 valence electrons. The van der Waals surface area contributed by atoms with Gasteiger partial charge >= 0.3 is 5.97 Å². The lowest BCUT2D eigenvalue weighted by molar-refractivity contribution is 0.0525. The fraction of sp³-hybridized carbons (Fsp3) is 0.545. The third-order valence-electron chi connectivity index (χ3n) is 2.55. The zero-order chi connectivity index (χ0) is 11.4. The van der Waals surface area contributed by atoms with E-state index < -0.39 is 0 Å². The summed E-state index contributed by atoms with van der Waals surface area (Å²) in [5.74, 6) is 0.388. The Balaban J connectivity index is 2.06. The number of rotatable bonds is 3. The van der Waals surface area contributed by atoms with Gasteiger partial charge in [-0.3, -0.25) is 0 Å². The maximum atomic E-state index is 11.4. The highest BCUT2D eigenvalue weighted by atomic mass is 16.5. The fourth-order valence-corrected chi connectivity index (χ4v) is 1.74. The molecule has 1 N–H and O–H groups in total. The Bertz CT molecular complexity index is 358. The number of carbonyl (C=O) groups is 1. The zero-order valence-corrected chi connectivity index (χ0v) is 9.27. The summed E-state index contributed by atoms with van der Waals surface area (Å²) in [7, 11) is 0. The Labute approximate surface area is 94.2 Å². The molecule has 5 heteroatoms. The molecule has 2 heterocycles. The quantitative estimate of drug-likeness (QED) is 0.774. The normalized spacial score (nSPS) is 19.7. The molecule has 0 aliphatic carbocycles. The Morgan fingerprint density at radius 2 is 2.31 bits per heavy atom. The van der Waals surface area contributed by atoms with Gasteiger partial charge in [0.05, 0.1) is 18.2 Å². The molecule has 0 amide bonds. The molecule has 0 bridgehead atoms. The van der Waals surface area contributed by atoms with E-state index in [2.05, 4.69) is 15.3 Å². The van der Waals surface area contributed by atoms with Crippen LogP contribution in [-0.4, -0.2) is 29.1 Å². The van der Waals surface area contributed by atoms with Crippen LogP contribution in [0.2, 0.25) is 0 Å². The van der Waals surface area contributed by atoms with Crippen molar-refractivity contribution < 1.29 is 9.53 Å². The molecule has 0 saturated carbocycles. The number of esters is 1. The number of carbonyl (C=O) groups excluding carboxylic acids is 1. The molecule has 0 spiro atoms. The van der Waals surface area contributed by atoms with Crippen LogP contribution in [-0.2, 0) is 4.74 Å². The van der Waals surface area contributed by atoms with E-state index in [4.69, 9.17) is 4.74 Å². The molecule has 1 aliphatic heterocycles. The van der Waals surface area contributed by atoms with Crippen LogP contribution >= 0.6 is 0 Å². The summed E-state index contributed by atoms with van der Waals surface area (Å²) in [6, 6.07) is 0.233. The van der Waals surface area contributed by atoms with Crippen molar-refractivity contribution in [2.24, 2.45) is 0 Å². The van der Waals surface area contributed by atoms with Crippen LogP contribution in [0.25, 0.3) is 0 Å². The van der Waals surface area contributed by atoms with Crippen LogP contribution in [0.4, 0.5) is 0 Å². The van der Waals surface area contributed by atoms with Gasteiger partial charge in [0.1, 0.15) is 5.82 Å². The first-order valence-electron chi connectivity index (χ1n) is 5.53. The summed E-state index contributed by atoms with van der Waals surface area (Å²) in [5, 5.41) is 3.31. The molecule has 0 aromatic carbocycles. The number of hydrogen-bond acceptors (Lipinski definition) is 5. The minimum absolute atomic E-state index is 0.233. The van der Waals surface area contributed by atoms with E-state index in [1.807, 2.05) is 0 Å².